The lowest BCUT2D eigenvalue weighted by atomic mass is 9.90. The van der Waals surface area contributed by atoms with Crippen molar-refractivity contribution in [1.82, 2.24) is 9.80 Å². The van der Waals surface area contributed by atoms with Crippen molar-refractivity contribution in [2.45, 2.75) is 31.4 Å². The van der Waals surface area contributed by atoms with Crippen molar-refractivity contribution < 1.29 is 23.8 Å². The van der Waals surface area contributed by atoms with Gasteiger partial charge in [0.2, 0.25) is 0 Å². The standard InChI is InChI=1S/C19H27FN2O4/c1-25-16-4-5-17(20)15(12-16)13-22-8-2-6-19(24,18(22)23)14-21-7-3-10-26-11-9-21/h4-5,12,24H,2-3,6-11,13-14H2,1H3/t19-/m1/s1. The molecule has 1 aromatic rings. The first-order valence-corrected chi connectivity index (χ1v) is 9.16. The van der Waals surface area contributed by atoms with Gasteiger partial charge in [0.15, 0.2) is 5.60 Å². The third-order valence-electron chi connectivity index (χ3n) is 5.12. The molecule has 26 heavy (non-hydrogen) atoms. The average Bonchev–Trinajstić information content (AvgIpc) is 2.89. The monoisotopic (exact) mass is 366 g/mol. The van der Waals surface area contributed by atoms with Crippen molar-refractivity contribution >= 4 is 5.91 Å². The molecule has 0 aliphatic carbocycles. The maximum absolute atomic E-state index is 14.1. The van der Waals surface area contributed by atoms with Crippen LogP contribution in [0, 0.1) is 5.82 Å². The molecule has 0 saturated carbocycles. The number of amides is 1. The van der Waals surface area contributed by atoms with Crippen LogP contribution in [0.2, 0.25) is 0 Å². The predicted octanol–water partition coefficient (Wildman–Crippen LogP) is 1.41. The average molecular weight is 366 g/mol. The molecule has 2 heterocycles. The molecule has 1 atom stereocenters. The van der Waals surface area contributed by atoms with E-state index in [1.54, 1.807) is 17.0 Å². The topological polar surface area (TPSA) is 62.2 Å². The van der Waals surface area contributed by atoms with Gasteiger partial charge in [-0.05, 0) is 37.5 Å². The Morgan fingerprint density at radius 2 is 2.12 bits per heavy atom. The van der Waals surface area contributed by atoms with E-state index in [4.69, 9.17) is 9.47 Å². The highest BCUT2D eigenvalue weighted by atomic mass is 19.1. The minimum Gasteiger partial charge on any atom is -0.497 e. The number of hydrogen-bond donors (Lipinski definition) is 1. The number of likely N-dealkylation sites (tertiary alicyclic amines) is 1. The number of rotatable bonds is 5. The maximum Gasteiger partial charge on any atom is 0.256 e. The van der Waals surface area contributed by atoms with E-state index in [9.17, 15) is 14.3 Å². The molecule has 1 N–H and O–H groups in total. The summed E-state index contributed by atoms with van der Waals surface area (Å²) in [4.78, 5) is 16.6. The number of aliphatic hydroxyl groups is 1. The van der Waals surface area contributed by atoms with Gasteiger partial charge in [0, 0.05) is 44.9 Å². The summed E-state index contributed by atoms with van der Waals surface area (Å²) in [5.41, 5.74) is -1.03. The molecule has 2 aliphatic rings. The lowest BCUT2D eigenvalue weighted by Gasteiger charge is -2.40. The molecule has 1 amide bonds. The maximum atomic E-state index is 14.1. The Morgan fingerprint density at radius 3 is 2.92 bits per heavy atom. The van der Waals surface area contributed by atoms with E-state index in [1.807, 2.05) is 0 Å². The van der Waals surface area contributed by atoms with Crippen molar-refractivity contribution in [3.05, 3.63) is 29.6 Å². The second-order valence-corrected chi connectivity index (χ2v) is 7.06. The van der Waals surface area contributed by atoms with Crippen molar-refractivity contribution in [2.75, 3.05) is 46.5 Å². The molecule has 6 nitrogen and oxygen atoms in total. The number of carbonyl (C=O) groups is 1. The molecule has 1 aromatic carbocycles. The van der Waals surface area contributed by atoms with E-state index in [-0.39, 0.29) is 18.3 Å². The number of piperidine rings is 1. The van der Waals surface area contributed by atoms with Gasteiger partial charge in [-0.3, -0.25) is 9.69 Å². The van der Waals surface area contributed by atoms with Crippen LogP contribution in [0.1, 0.15) is 24.8 Å². The van der Waals surface area contributed by atoms with Crippen LogP contribution in [0.15, 0.2) is 18.2 Å². The molecular formula is C19H27FN2O4. The van der Waals surface area contributed by atoms with Crippen LogP contribution in [0.5, 0.6) is 5.75 Å². The van der Waals surface area contributed by atoms with E-state index >= 15 is 0 Å². The third-order valence-corrected chi connectivity index (χ3v) is 5.12. The lowest BCUT2D eigenvalue weighted by molar-refractivity contribution is -0.160. The normalized spacial score (nSPS) is 25.2. The molecule has 7 heteroatoms. The Morgan fingerprint density at radius 1 is 1.27 bits per heavy atom. The highest BCUT2D eigenvalue weighted by Gasteiger charge is 2.43. The fraction of sp³-hybridized carbons (Fsp3) is 0.632. The fourth-order valence-electron chi connectivity index (χ4n) is 3.69. The Hall–Kier alpha value is -1.70. The second kappa shape index (κ2) is 8.33. The van der Waals surface area contributed by atoms with E-state index in [0.29, 0.717) is 57.0 Å². The van der Waals surface area contributed by atoms with Crippen LogP contribution >= 0.6 is 0 Å². The van der Waals surface area contributed by atoms with Crippen LogP contribution < -0.4 is 4.74 Å². The second-order valence-electron chi connectivity index (χ2n) is 7.06. The first-order chi connectivity index (χ1) is 12.5. The molecule has 0 radical (unpaired) electrons. The van der Waals surface area contributed by atoms with Gasteiger partial charge >= 0.3 is 0 Å². The zero-order valence-electron chi connectivity index (χ0n) is 15.2. The summed E-state index contributed by atoms with van der Waals surface area (Å²) >= 11 is 0. The number of carbonyl (C=O) groups excluding carboxylic acids is 1. The predicted molar refractivity (Wildman–Crippen MR) is 94.4 cm³/mol. The Labute approximate surface area is 153 Å². The Kier molecular flexibility index (Phi) is 6.11. The highest BCUT2D eigenvalue weighted by molar-refractivity contribution is 5.86. The summed E-state index contributed by atoms with van der Waals surface area (Å²) in [7, 11) is 1.52. The van der Waals surface area contributed by atoms with E-state index in [2.05, 4.69) is 4.90 Å². The summed E-state index contributed by atoms with van der Waals surface area (Å²) in [6.07, 6.45) is 2.02. The third kappa shape index (κ3) is 4.34. The molecule has 0 aromatic heterocycles. The smallest absolute Gasteiger partial charge is 0.256 e. The quantitative estimate of drug-likeness (QED) is 0.854. The van der Waals surface area contributed by atoms with Crippen molar-refractivity contribution in [1.29, 1.82) is 0 Å². The van der Waals surface area contributed by atoms with Gasteiger partial charge < -0.3 is 19.5 Å². The number of ether oxygens (including phenoxy) is 2. The number of methoxy groups -OCH3 is 1. The molecule has 2 fully saturated rings. The number of benzene rings is 1. The van der Waals surface area contributed by atoms with Gasteiger partial charge in [-0.1, -0.05) is 0 Å². The number of nitrogens with zero attached hydrogens (tertiary/aromatic N) is 2. The molecule has 2 saturated heterocycles. The fourth-order valence-corrected chi connectivity index (χ4v) is 3.69. The van der Waals surface area contributed by atoms with Gasteiger partial charge in [0.25, 0.3) is 5.91 Å². The van der Waals surface area contributed by atoms with Crippen molar-refractivity contribution in [3.8, 4) is 5.75 Å². The summed E-state index contributed by atoms with van der Waals surface area (Å²) < 4.78 is 24.7. The molecule has 144 valence electrons. The van der Waals surface area contributed by atoms with Gasteiger partial charge in [0.05, 0.1) is 13.7 Å². The summed E-state index contributed by atoms with van der Waals surface area (Å²) in [6.45, 7) is 3.79. The van der Waals surface area contributed by atoms with Crippen LogP contribution in [0.25, 0.3) is 0 Å². The van der Waals surface area contributed by atoms with E-state index in [0.717, 1.165) is 13.0 Å². The largest absolute Gasteiger partial charge is 0.497 e. The van der Waals surface area contributed by atoms with E-state index in [1.165, 1.54) is 13.2 Å². The number of halogens is 1. The Balaban J connectivity index is 1.70. The van der Waals surface area contributed by atoms with Gasteiger partial charge in [-0.15, -0.1) is 0 Å². The minimum atomic E-state index is -1.42. The molecule has 0 spiro atoms. The van der Waals surface area contributed by atoms with E-state index < -0.39 is 5.60 Å². The molecular weight excluding hydrogens is 339 g/mol. The van der Waals surface area contributed by atoms with Crippen LogP contribution in [-0.2, 0) is 16.1 Å². The number of β-amino-alcohol motifs (C(OH)–C–C–N with tert-alkyl or cyclic N) is 1. The summed E-state index contributed by atoms with van der Waals surface area (Å²) in [6, 6.07) is 4.49. The van der Waals surface area contributed by atoms with Crippen LogP contribution in [0.3, 0.4) is 0 Å². The molecule has 3 rings (SSSR count). The minimum absolute atomic E-state index is 0.132. The lowest BCUT2D eigenvalue weighted by Crippen LogP contribution is -2.58. The molecule has 2 aliphatic heterocycles. The Bertz CT molecular complexity index is 634. The van der Waals surface area contributed by atoms with Crippen molar-refractivity contribution in [3.63, 3.8) is 0 Å². The summed E-state index contributed by atoms with van der Waals surface area (Å²) in [5.74, 6) is -0.154. The van der Waals surface area contributed by atoms with Crippen LogP contribution in [0.4, 0.5) is 4.39 Å². The SMILES string of the molecule is COc1ccc(F)c(CN2CCC[C@@](O)(CN3CCCOCC3)C2=O)c1. The van der Waals surface area contributed by atoms with Gasteiger partial charge in [-0.25, -0.2) is 4.39 Å². The number of hydrogen-bond acceptors (Lipinski definition) is 5. The summed E-state index contributed by atoms with van der Waals surface area (Å²) in [5, 5.41) is 11.0. The first kappa shape index (κ1) is 19.1. The highest BCUT2D eigenvalue weighted by Crippen LogP contribution is 2.27. The zero-order chi connectivity index (χ0) is 18.6. The molecule has 0 bridgehead atoms. The zero-order valence-corrected chi connectivity index (χ0v) is 15.2. The van der Waals surface area contributed by atoms with Crippen molar-refractivity contribution in [2.24, 2.45) is 0 Å². The van der Waals surface area contributed by atoms with Gasteiger partial charge in [-0.2, -0.15) is 0 Å². The molecule has 0 unspecified atom stereocenters. The first-order valence-electron chi connectivity index (χ1n) is 9.16. The van der Waals surface area contributed by atoms with Crippen LogP contribution in [-0.4, -0.2) is 72.9 Å². The van der Waals surface area contributed by atoms with Gasteiger partial charge in [0.1, 0.15) is 11.6 Å².